The molecule has 0 amide bonds. The zero-order chi connectivity index (χ0) is 9.56. The number of rotatable bonds is 3. The Balaban J connectivity index is 4.63. The molecule has 0 aliphatic heterocycles. The highest BCUT2D eigenvalue weighted by molar-refractivity contribution is 7.80. The summed E-state index contributed by atoms with van der Waals surface area (Å²) in [7, 11) is 1.67. The lowest BCUT2D eigenvalue weighted by molar-refractivity contribution is 0.550. The molecule has 0 saturated heterocycles. The van der Waals surface area contributed by atoms with Crippen molar-refractivity contribution in [2.45, 2.75) is 0 Å². The van der Waals surface area contributed by atoms with Crippen molar-refractivity contribution in [3.8, 4) is 0 Å². The molecule has 4 heteroatoms. The number of nitrogens with zero attached hydrogens (tertiary/aromatic N) is 1. The van der Waals surface area contributed by atoms with Crippen LogP contribution in [0.25, 0.3) is 0 Å². The van der Waals surface area contributed by atoms with Crippen molar-refractivity contribution >= 4 is 17.2 Å². The molecule has 66 valence electrons. The van der Waals surface area contributed by atoms with Gasteiger partial charge in [-0.3, -0.25) is 0 Å². The third-order valence-electron chi connectivity index (χ3n) is 1.14. The quantitative estimate of drug-likeness (QED) is 0.222. The summed E-state index contributed by atoms with van der Waals surface area (Å²) < 4.78 is 0. The molecule has 12 heavy (non-hydrogen) atoms. The van der Waals surface area contributed by atoms with E-state index in [0.29, 0.717) is 4.99 Å². The monoisotopic (exact) mass is 183 g/mol. The van der Waals surface area contributed by atoms with Gasteiger partial charge in [-0.2, -0.15) is 0 Å². The second kappa shape index (κ2) is 5.51. The topological polar surface area (TPSA) is 55.3 Å². The van der Waals surface area contributed by atoms with Gasteiger partial charge in [0.2, 0.25) is 0 Å². The van der Waals surface area contributed by atoms with Crippen LogP contribution in [0, 0.1) is 0 Å². The first kappa shape index (κ1) is 10.9. The first-order valence-corrected chi connectivity index (χ1v) is 3.78. The molecule has 0 heterocycles. The first-order chi connectivity index (χ1) is 5.63. The van der Waals surface area contributed by atoms with Gasteiger partial charge in [0.05, 0.1) is 0 Å². The highest BCUT2D eigenvalue weighted by atomic mass is 32.1. The maximum absolute atomic E-state index is 5.44. The average molecular weight is 183 g/mol. The molecule has 0 spiro atoms. The van der Waals surface area contributed by atoms with Crippen LogP contribution in [-0.4, -0.2) is 17.0 Å². The molecular formula is C8H13N3S. The zero-order valence-corrected chi connectivity index (χ0v) is 7.84. The Morgan fingerprint density at radius 2 is 2.17 bits per heavy atom. The van der Waals surface area contributed by atoms with Gasteiger partial charge >= 0.3 is 0 Å². The number of likely N-dealkylation sites (N-methyl/N-ethyl adjacent to an activating group) is 1. The number of nitrogens with two attached hydrogens (primary N) is 2. The molecular weight excluding hydrogens is 170 g/mol. The SMILES string of the molecule is C=C/C=C(\C=C/N)C(=S)N(C)N. The second-order valence-electron chi connectivity index (χ2n) is 2.13. The third kappa shape index (κ3) is 3.32. The van der Waals surface area contributed by atoms with Crippen LogP contribution in [0.15, 0.2) is 36.6 Å². The van der Waals surface area contributed by atoms with Crippen molar-refractivity contribution in [3.05, 3.63) is 36.6 Å². The lowest BCUT2D eigenvalue weighted by atomic mass is 10.2. The highest BCUT2D eigenvalue weighted by Gasteiger charge is 2.02. The molecule has 0 unspecified atom stereocenters. The van der Waals surface area contributed by atoms with Gasteiger partial charge < -0.3 is 10.7 Å². The van der Waals surface area contributed by atoms with E-state index >= 15 is 0 Å². The Bertz CT molecular complexity index is 228. The minimum atomic E-state index is 0.525. The Labute approximate surface area is 78.0 Å². The maximum Gasteiger partial charge on any atom is 0.122 e. The van der Waals surface area contributed by atoms with Crippen LogP contribution in [0.3, 0.4) is 0 Å². The number of hydrogen-bond acceptors (Lipinski definition) is 3. The Morgan fingerprint density at radius 1 is 1.58 bits per heavy atom. The van der Waals surface area contributed by atoms with Crippen LogP contribution in [-0.2, 0) is 0 Å². The van der Waals surface area contributed by atoms with E-state index in [-0.39, 0.29) is 0 Å². The van der Waals surface area contributed by atoms with Gasteiger partial charge in [-0.1, -0.05) is 30.9 Å². The van der Waals surface area contributed by atoms with Crippen LogP contribution < -0.4 is 11.6 Å². The summed E-state index contributed by atoms with van der Waals surface area (Å²) >= 11 is 5.01. The van der Waals surface area contributed by atoms with Gasteiger partial charge in [0.15, 0.2) is 0 Å². The zero-order valence-electron chi connectivity index (χ0n) is 7.03. The summed E-state index contributed by atoms with van der Waals surface area (Å²) in [5.41, 5.74) is 5.99. The summed E-state index contributed by atoms with van der Waals surface area (Å²) in [6.45, 7) is 3.55. The molecule has 0 aliphatic carbocycles. The van der Waals surface area contributed by atoms with E-state index in [1.54, 1.807) is 25.3 Å². The van der Waals surface area contributed by atoms with Crippen LogP contribution in [0.5, 0.6) is 0 Å². The van der Waals surface area contributed by atoms with Gasteiger partial charge in [0.1, 0.15) is 4.99 Å². The van der Waals surface area contributed by atoms with Crippen LogP contribution >= 0.6 is 12.2 Å². The number of hydrazine groups is 1. The normalized spacial score (nSPS) is 11.7. The molecule has 0 saturated carbocycles. The van der Waals surface area contributed by atoms with Gasteiger partial charge in [-0.15, -0.1) is 0 Å². The largest absolute Gasteiger partial charge is 0.405 e. The average Bonchev–Trinajstić information content (AvgIpc) is 2.03. The summed E-state index contributed by atoms with van der Waals surface area (Å²) in [6.07, 6.45) is 6.46. The molecule has 0 atom stereocenters. The minimum Gasteiger partial charge on any atom is -0.405 e. The molecule has 0 aliphatic rings. The summed E-state index contributed by atoms with van der Waals surface area (Å²) in [6, 6.07) is 0. The van der Waals surface area contributed by atoms with E-state index < -0.39 is 0 Å². The molecule has 0 radical (unpaired) electrons. The van der Waals surface area contributed by atoms with Crippen molar-refractivity contribution in [1.82, 2.24) is 5.01 Å². The first-order valence-electron chi connectivity index (χ1n) is 3.37. The van der Waals surface area contributed by atoms with Gasteiger partial charge in [0.25, 0.3) is 0 Å². The highest BCUT2D eigenvalue weighted by Crippen LogP contribution is 2.01. The van der Waals surface area contributed by atoms with Crippen molar-refractivity contribution in [2.75, 3.05) is 7.05 Å². The van der Waals surface area contributed by atoms with Crippen LogP contribution in [0.2, 0.25) is 0 Å². The van der Waals surface area contributed by atoms with E-state index in [4.69, 9.17) is 23.8 Å². The molecule has 0 rings (SSSR count). The summed E-state index contributed by atoms with van der Waals surface area (Å²) in [5.74, 6) is 5.44. The predicted octanol–water partition coefficient (Wildman–Crippen LogP) is 0.704. The van der Waals surface area contributed by atoms with E-state index in [1.807, 2.05) is 0 Å². The van der Waals surface area contributed by atoms with Crippen LogP contribution in [0.1, 0.15) is 0 Å². The standard InChI is InChI=1S/C8H13N3S/c1-3-4-7(5-6-9)8(12)11(2)10/h3-6H,1,9-10H2,2H3/b6-5-,7-4+. The van der Waals surface area contributed by atoms with Crippen molar-refractivity contribution in [1.29, 1.82) is 0 Å². The molecule has 0 aromatic rings. The third-order valence-corrected chi connectivity index (χ3v) is 1.66. The molecule has 4 N–H and O–H groups in total. The molecule has 0 bridgehead atoms. The van der Waals surface area contributed by atoms with E-state index in [0.717, 1.165) is 5.57 Å². The van der Waals surface area contributed by atoms with E-state index in [2.05, 4.69) is 6.58 Å². The van der Waals surface area contributed by atoms with Gasteiger partial charge in [-0.05, 0) is 12.3 Å². The Morgan fingerprint density at radius 3 is 2.50 bits per heavy atom. The molecule has 0 aromatic heterocycles. The number of allylic oxidation sites excluding steroid dienone is 2. The second-order valence-corrected chi connectivity index (χ2v) is 2.52. The maximum atomic E-state index is 5.44. The van der Waals surface area contributed by atoms with E-state index in [9.17, 15) is 0 Å². The molecule has 3 nitrogen and oxygen atoms in total. The lowest BCUT2D eigenvalue weighted by Crippen LogP contribution is -2.32. The summed E-state index contributed by atoms with van der Waals surface area (Å²) in [5, 5.41) is 1.35. The lowest BCUT2D eigenvalue weighted by Gasteiger charge is -2.13. The fraction of sp³-hybridized carbons (Fsp3) is 0.125. The van der Waals surface area contributed by atoms with Crippen LogP contribution in [0.4, 0.5) is 0 Å². The fourth-order valence-corrected chi connectivity index (χ4v) is 0.768. The van der Waals surface area contributed by atoms with Crippen molar-refractivity contribution < 1.29 is 0 Å². The Hall–Kier alpha value is -1.13. The predicted molar refractivity (Wildman–Crippen MR) is 56.2 cm³/mol. The molecule has 0 aromatic carbocycles. The summed E-state index contributed by atoms with van der Waals surface area (Å²) in [4.78, 5) is 0.525. The minimum absolute atomic E-state index is 0.525. The smallest absolute Gasteiger partial charge is 0.122 e. The van der Waals surface area contributed by atoms with Crippen molar-refractivity contribution in [2.24, 2.45) is 11.6 Å². The van der Waals surface area contributed by atoms with Gasteiger partial charge in [-0.25, -0.2) is 5.84 Å². The number of hydrogen-bond donors (Lipinski definition) is 2. The van der Waals surface area contributed by atoms with E-state index in [1.165, 1.54) is 11.2 Å². The fourth-order valence-electron chi connectivity index (χ4n) is 0.632. The van der Waals surface area contributed by atoms with Crippen molar-refractivity contribution in [3.63, 3.8) is 0 Å². The number of thiocarbonyl (C=S) groups is 1. The Kier molecular flexibility index (Phi) is 4.99. The van der Waals surface area contributed by atoms with Gasteiger partial charge in [0, 0.05) is 12.6 Å². The molecule has 0 fully saturated rings.